The Hall–Kier alpha value is -4.00. The third kappa shape index (κ3) is 9.82. The van der Waals surface area contributed by atoms with E-state index in [0.717, 1.165) is 64.5 Å². The summed E-state index contributed by atoms with van der Waals surface area (Å²) in [5, 5.41) is 13.5. The molecule has 1 aromatic carbocycles. The number of hydrogen-bond acceptors (Lipinski definition) is 9. The van der Waals surface area contributed by atoms with Gasteiger partial charge in [0.2, 0.25) is 29.4 Å². The topological polar surface area (TPSA) is 159 Å². The van der Waals surface area contributed by atoms with Crippen LogP contribution in [0.5, 0.6) is 5.75 Å². The number of carbonyl (C=O) groups is 4. The Kier molecular flexibility index (Phi) is 13.6. The molecule has 4 heterocycles. The molecule has 2 fully saturated rings. The maximum absolute atomic E-state index is 14.2. The highest BCUT2D eigenvalue weighted by Gasteiger charge is 2.43. The van der Waals surface area contributed by atoms with Gasteiger partial charge in [-0.25, -0.2) is 0 Å². The largest absolute Gasteiger partial charge is 0.485 e. The van der Waals surface area contributed by atoms with Crippen LogP contribution in [0.3, 0.4) is 0 Å². The molecule has 3 aliphatic heterocycles. The van der Waals surface area contributed by atoms with Crippen molar-refractivity contribution in [2.75, 3.05) is 33.2 Å². The van der Waals surface area contributed by atoms with Gasteiger partial charge in [-0.15, -0.1) is 0 Å². The quantitative estimate of drug-likeness (QED) is 0.437. The van der Waals surface area contributed by atoms with Crippen LogP contribution < -0.4 is 20.7 Å². The summed E-state index contributed by atoms with van der Waals surface area (Å²) in [5.41, 5.74) is 0.281. The summed E-state index contributed by atoms with van der Waals surface area (Å²) < 4.78 is 11.4. The second-order valence-corrected chi connectivity index (χ2v) is 14.4. The second-order valence-electron chi connectivity index (χ2n) is 14.4. The van der Waals surface area contributed by atoms with Crippen molar-refractivity contribution >= 4 is 23.6 Å². The van der Waals surface area contributed by atoms with Crippen LogP contribution in [0.15, 0.2) is 28.8 Å². The second kappa shape index (κ2) is 18.3. The molecule has 0 aliphatic carbocycles. The first-order valence-electron chi connectivity index (χ1n) is 18.6. The minimum atomic E-state index is -0.851. The van der Waals surface area contributed by atoms with Crippen LogP contribution in [0.4, 0.5) is 0 Å². The molecule has 13 nitrogen and oxygen atoms in total. The molecular weight excluding hydrogens is 638 g/mol. The van der Waals surface area contributed by atoms with Gasteiger partial charge in [-0.2, -0.15) is 4.98 Å². The minimum Gasteiger partial charge on any atom is -0.485 e. The monoisotopic (exact) mass is 693 g/mol. The van der Waals surface area contributed by atoms with E-state index in [-0.39, 0.29) is 41.7 Å². The van der Waals surface area contributed by atoms with E-state index in [1.807, 2.05) is 13.8 Å². The van der Waals surface area contributed by atoms with Crippen LogP contribution in [-0.4, -0.2) is 94.9 Å². The molecule has 2 bridgehead atoms. The average molecular weight is 694 g/mol. The number of nitrogens with zero attached hydrogens (tertiary/aromatic N) is 4. The van der Waals surface area contributed by atoms with Crippen LogP contribution in [0.2, 0.25) is 0 Å². The van der Waals surface area contributed by atoms with Gasteiger partial charge >= 0.3 is 0 Å². The van der Waals surface area contributed by atoms with E-state index in [1.54, 1.807) is 41.1 Å². The Morgan fingerprint density at radius 1 is 0.900 bits per heavy atom. The molecule has 1 aromatic heterocycles. The molecule has 0 spiro atoms. The zero-order chi connectivity index (χ0) is 35.5. The average Bonchev–Trinajstić information content (AvgIpc) is 3.79. The number of para-hydroxylation sites is 1. The van der Waals surface area contributed by atoms with Crippen LogP contribution in [-0.2, 0) is 27.4 Å². The van der Waals surface area contributed by atoms with Crippen LogP contribution >= 0.6 is 0 Å². The first-order valence-corrected chi connectivity index (χ1v) is 18.6. The first kappa shape index (κ1) is 37.3. The number of fused-ring (bicyclic) bond motifs is 4. The van der Waals surface area contributed by atoms with E-state index >= 15 is 0 Å². The Balaban J connectivity index is 1.39. The van der Waals surface area contributed by atoms with Gasteiger partial charge in [0.15, 0.2) is 6.61 Å². The third-order valence-corrected chi connectivity index (χ3v) is 10.1. The lowest BCUT2D eigenvalue weighted by atomic mass is 9.88. The van der Waals surface area contributed by atoms with Crippen molar-refractivity contribution in [2.24, 2.45) is 11.8 Å². The number of piperidine rings is 1. The molecule has 3 aliphatic rings. The zero-order valence-corrected chi connectivity index (χ0v) is 30.0. The van der Waals surface area contributed by atoms with Gasteiger partial charge in [-0.05, 0) is 82.0 Å². The summed E-state index contributed by atoms with van der Waals surface area (Å²) in [6, 6.07) is 4.70. The fourth-order valence-corrected chi connectivity index (χ4v) is 7.45. The molecule has 5 rings (SSSR count). The molecule has 0 unspecified atom stereocenters. The van der Waals surface area contributed by atoms with E-state index in [2.05, 4.69) is 26.1 Å². The molecule has 2 saturated heterocycles. The number of amides is 4. The molecule has 3 N–H and O–H groups in total. The number of aryl methyl sites for hydroxylation is 1. The number of ether oxygens (including phenoxy) is 1. The number of aromatic nitrogens is 2. The Labute approximate surface area is 295 Å². The number of likely N-dealkylation sites (N-methyl/N-ethyl adjacent to an activating group) is 1. The molecule has 3 atom stereocenters. The van der Waals surface area contributed by atoms with Crippen LogP contribution in [0, 0.1) is 11.8 Å². The molecular formula is C37H55N7O6. The fourth-order valence-electron chi connectivity index (χ4n) is 7.45. The highest BCUT2D eigenvalue weighted by molar-refractivity contribution is 6.00. The normalized spacial score (nSPS) is 24.7. The van der Waals surface area contributed by atoms with E-state index < -0.39 is 24.0 Å². The van der Waals surface area contributed by atoms with Crippen molar-refractivity contribution in [3.63, 3.8) is 0 Å². The number of hydrogen-bond donors (Lipinski definition) is 3. The molecule has 274 valence electrons. The van der Waals surface area contributed by atoms with Crippen molar-refractivity contribution in [2.45, 2.75) is 116 Å². The minimum absolute atomic E-state index is 0.0211. The van der Waals surface area contributed by atoms with Gasteiger partial charge in [-0.3, -0.25) is 19.2 Å². The Morgan fingerprint density at radius 3 is 2.42 bits per heavy atom. The van der Waals surface area contributed by atoms with Gasteiger partial charge in [0, 0.05) is 26.6 Å². The predicted molar refractivity (Wildman–Crippen MR) is 187 cm³/mol. The van der Waals surface area contributed by atoms with Gasteiger partial charge in [0.1, 0.15) is 23.9 Å². The number of nitrogens with one attached hydrogen (secondary N) is 3. The maximum atomic E-state index is 14.2. The zero-order valence-electron chi connectivity index (χ0n) is 30.0. The van der Waals surface area contributed by atoms with Crippen LogP contribution in [0.1, 0.15) is 107 Å². The number of carbonyl (C=O) groups excluding carboxylic acids is 4. The smallest absolute Gasteiger partial charge is 0.255 e. The number of benzene rings is 1. The standard InChI is InChI=1S/C37H55N7O6/c1-25(2)23-28-36(47)44-22-12-14-29(44)37(48)43(3)33(26-17-20-38-21-18-26)35(46)39-19-11-7-5-4-6-8-16-32-41-31(42-50-32)24-49-30-15-10-9-13-27(30)34(45)40-28/h9-10,13,15,25-26,28-29,33,38H,4-8,11-12,14,16-24H2,1-3H3,(H,39,46)(H,40,45)/t28-,29-,33+/m1/s1. The van der Waals surface area contributed by atoms with E-state index in [4.69, 9.17) is 9.26 Å². The van der Waals surface area contributed by atoms with E-state index in [9.17, 15) is 19.2 Å². The molecule has 4 amide bonds. The lowest BCUT2D eigenvalue weighted by molar-refractivity contribution is -0.149. The summed E-state index contributed by atoms with van der Waals surface area (Å²) in [6.45, 7) is 6.57. The maximum Gasteiger partial charge on any atom is 0.255 e. The van der Waals surface area contributed by atoms with Crippen molar-refractivity contribution in [3.05, 3.63) is 41.5 Å². The molecule has 13 heteroatoms. The lowest BCUT2D eigenvalue weighted by Crippen LogP contribution is -2.59. The summed E-state index contributed by atoms with van der Waals surface area (Å²) in [5.74, 6) is 0.304. The fraction of sp³-hybridized carbons (Fsp3) is 0.676. The van der Waals surface area contributed by atoms with Crippen molar-refractivity contribution in [3.8, 4) is 5.75 Å². The summed E-state index contributed by atoms with van der Waals surface area (Å²) in [6.07, 6.45) is 9.79. The van der Waals surface area contributed by atoms with Crippen LogP contribution in [0.25, 0.3) is 0 Å². The molecule has 50 heavy (non-hydrogen) atoms. The Morgan fingerprint density at radius 2 is 1.64 bits per heavy atom. The summed E-state index contributed by atoms with van der Waals surface area (Å²) >= 11 is 0. The van der Waals surface area contributed by atoms with Gasteiger partial charge in [-0.1, -0.05) is 56.8 Å². The van der Waals surface area contributed by atoms with E-state index in [1.165, 1.54) is 0 Å². The Bertz CT molecular complexity index is 1440. The predicted octanol–water partition coefficient (Wildman–Crippen LogP) is 3.62. The summed E-state index contributed by atoms with van der Waals surface area (Å²) in [4.78, 5) is 63.7. The molecule has 0 radical (unpaired) electrons. The molecule has 2 aromatic rings. The lowest BCUT2D eigenvalue weighted by Gasteiger charge is -2.38. The number of rotatable bonds is 3. The van der Waals surface area contributed by atoms with Gasteiger partial charge < -0.3 is 35.0 Å². The highest BCUT2D eigenvalue weighted by Crippen LogP contribution is 2.27. The molecule has 0 saturated carbocycles. The summed E-state index contributed by atoms with van der Waals surface area (Å²) in [7, 11) is 1.71. The third-order valence-electron chi connectivity index (χ3n) is 10.1. The van der Waals surface area contributed by atoms with Gasteiger partial charge in [0.05, 0.1) is 5.56 Å². The van der Waals surface area contributed by atoms with E-state index in [0.29, 0.717) is 56.2 Å². The first-order chi connectivity index (χ1) is 24.2. The van der Waals surface area contributed by atoms with Gasteiger partial charge in [0.25, 0.3) is 5.91 Å². The SMILES string of the molecule is CC(C)C[C@H]1NC(=O)c2ccccc2OCc2noc(n2)CCCCCCCCNC(=O)[C@H](C2CCNCC2)N(C)C(=O)[C@H]2CCCN2C1=O. The van der Waals surface area contributed by atoms with Crippen molar-refractivity contribution < 1.29 is 28.4 Å². The highest BCUT2D eigenvalue weighted by atomic mass is 16.5. The van der Waals surface area contributed by atoms with Crippen molar-refractivity contribution in [1.82, 2.24) is 35.9 Å². The van der Waals surface area contributed by atoms with Crippen molar-refractivity contribution in [1.29, 1.82) is 0 Å².